The van der Waals surface area contributed by atoms with Crippen LogP contribution in [0.25, 0.3) is 0 Å². The van der Waals surface area contributed by atoms with Gasteiger partial charge in [-0.15, -0.1) is 0 Å². The average Bonchev–Trinajstić information content (AvgIpc) is 2.48. The SMILES string of the molecule is COCN(c1ccncn1)S(=O)(=O)c1ccc(F)c(Cl)c1. The number of aromatic nitrogens is 2. The molecule has 6 nitrogen and oxygen atoms in total. The van der Waals surface area contributed by atoms with Gasteiger partial charge in [-0.2, -0.15) is 0 Å². The number of halogens is 2. The molecular formula is C12H11ClFN3O3S. The van der Waals surface area contributed by atoms with Crippen molar-refractivity contribution in [3.8, 4) is 0 Å². The summed E-state index contributed by atoms with van der Waals surface area (Å²) in [7, 11) is -2.64. The number of ether oxygens (including phenoxy) is 1. The van der Waals surface area contributed by atoms with E-state index in [1.165, 1.54) is 25.7 Å². The van der Waals surface area contributed by atoms with Crippen molar-refractivity contribution >= 4 is 27.4 Å². The lowest BCUT2D eigenvalue weighted by molar-refractivity contribution is 0.209. The zero-order valence-corrected chi connectivity index (χ0v) is 12.5. The van der Waals surface area contributed by atoms with Crippen molar-refractivity contribution in [2.45, 2.75) is 4.90 Å². The standard InChI is InChI=1S/C12H11ClFN3O3S/c1-20-8-17(12-4-5-15-7-16-12)21(18,19)9-2-3-11(14)10(13)6-9/h2-7H,8H2,1H3. The summed E-state index contributed by atoms with van der Waals surface area (Å²) in [6.07, 6.45) is 2.61. The summed E-state index contributed by atoms with van der Waals surface area (Å²) in [6, 6.07) is 4.57. The fourth-order valence-electron chi connectivity index (χ4n) is 1.57. The summed E-state index contributed by atoms with van der Waals surface area (Å²) in [5, 5.41) is -0.281. The maximum atomic E-state index is 13.2. The van der Waals surface area contributed by atoms with Crippen LogP contribution in [0.5, 0.6) is 0 Å². The summed E-state index contributed by atoms with van der Waals surface area (Å²) in [6.45, 7) is -0.256. The quantitative estimate of drug-likeness (QED) is 0.784. The maximum absolute atomic E-state index is 13.2. The van der Waals surface area contributed by atoms with Gasteiger partial charge < -0.3 is 4.74 Å². The maximum Gasteiger partial charge on any atom is 0.267 e. The molecule has 1 aromatic heterocycles. The summed E-state index contributed by atoms with van der Waals surface area (Å²) < 4.78 is 44.2. The highest BCUT2D eigenvalue weighted by Gasteiger charge is 2.26. The molecule has 0 saturated carbocycles. The van der Waals surface area contributed by atoms with Crippen LogP contribution in [0.4, 0.5) is 10.2 Å². The molecule has 0 unspecified atom stereocenters. The fourth-order valence-corrected chi connectivity index (χ4v) is 3.18. The molecule has 0 saturated heterocycles. The molecule has 0 N–H and O–H groups in total. The van der Waals surface area contributed by atoms with Gasteiger partial charge in [-0.3, -0.25) is 0 Å². The Kier molecular flexibility index (Phi) is 4.71. The molecule has 0 bridgehead atoms. The monoisotopic (exact) mass is 331 g/mol. The minimum atomic E-state index is -3.99. The lowest BCUT2D eigenvalue weighted by atomic mass is 10.3. The molecule has 2 aromatic rings. The second kappa shape index (κ2) is 6.33. The number of anilines is 1. The van der Waals surface area contributed by atoms with Crippen LogP contribution < -0.4 is 4.31 Å². The van der Waals surface area contributed by atoms with Crippen molar-refractivity contribution in [3.63, 3.8) is 0 Å². The lowest BCUT2D eigenvalue weighted by Crippen LogP contribution is -2.33. The molecule has 0 radical (unpaired) electrons. The third-order valence-electron chi connectivity index (χ3n) is 2.55. The van der Waals surface area contributed by atoms with E-state index in [0.29, 0.717) is 0 Å². The minimum Gasteiger partial charge on any atom is -0.363 e. The van der Waals surface area contributed by atoms with Crippen LogP contribution in [-0.4, -0.2) is 32.2 Å². The van der Waals surface area contributed by atoms with Gasteiger partial charge in [0.2, 0.25) is 0 Å². The van der Waals surface area contributed by atoms with Crippen LogP contribution in [0, 0.1) is 5.82 Å². The highest BCUT2D eigenvalue weighted by Crippen LogP contribution is 2.25. The number of sulfonamides is 1. The number of hydrogen-bond acceptors (Lipinski definition) is 5. The van der Waals surface area contributed by atoms with Gasteiger partial charge >= 0.3 is 0 Å². The predicted octanol–water partition coefficient (Wildman–Crippen LogP) is 2.07. The van der Waals surface area contributed by atoms with Crippen molar-refractivity contribution in [2.75, 3.05) is 18.1 Å². The third-order valence-corrected chi connectivity index (χ3v) is 4.56. The Labute approximate surface area is 126 Å². The molecule has 2 rings (SSSR count). The second-order valence-corrected chi connectivity index (χ2v) is 6.18. The molecule has 0 aliphatic heterocycles. The first-order chi connectivity index (χ1) is 9.96. The smallest absolute Gasteiger partial charge is 0.267 e. The molecule has 21 heavy (non-hydrogen) atoms. The van der Waals surface area contributed by atoms with E-state index >= 15 is 0 Å². The number of nitrogens with zero attached hydrogens (tertiary/aromatic N) is 3. The molecule has 1 aromatic carbocycles. The molecule has 1 heterocycles. The molecule has 0 atom stereocenters. The van der Waals surface area contributed by atoms with Gasteiger partial charge in [-0.05, 0) is 18.2 Å². The van der Waals surface area contributed by atoms with Crippen molar-refractivity contribution in [1.82, 2.24) is 9.97 Å². The van der Waals surface area contributed by atoms with E-state index in [0.717, 1.165) is 22.5 Å². The zero-order valence-electron chi connectivity index (χ0n) is 10.9. The zero-order chi connectivity index (χ0) is 15.5. The van der Waals surface area contributed by atoms with Crippen LogP contribution in [-0.2, 0) is 14.8 Å². The number of hydrogen-bond donors (Lipinski definition) is 0. The van der Waals surface area contributed by atoms with E-state index in [4.69, 9.17) is 16.3 Å². The highest BCUT2D eigenvalue weighted by atomic mass is 35.5. The molecular weight excluding hydrogens is 321 g/mol. The number of benzene rings is 1. The minimum absolute atomic E-state index is 0.132. The third kappa shape index (κ3) is 3.29. The molecule has 0 amide bonds. The van der Waals surface area contributed by atoms with Crippen molar-refractivity contribution < 1.29 is 17.5 Å². The Bertz CT molecular complexity index is 728. The largest absolute Gasteiger partial charge is 0.363 e. The topological polar surface area (TPSA) is 72.4 Å². The number of methoxy groups -OCH3 is 1. The van der Waals surface area contributed by atoms with Gasteiger partial charge in [0.05, 0.1) is 9.92 Å². The van der Waals surface area contributed by atoms with E-state index in [1.54, 1.807) is 0 Å². The van der Waals surface area contributed by atoms with Crippen molar-refractivity contribution in [1.29, 1.82) is 0 Å². The van der Waals surface area contributed by atoms with Crippen LogP contribution in [0.3, 0.4) is 0 Å². The normalized spacial score (nSPS) is 11.4. The first-order valence-electron chi connectivity index (χ1n) is 5.69. The van der Waals surface area contributed by atoms with Gasteiger partial charge in [-0.25, -0.2) is 27.1 Å². The fraction of sp³-hybridized carbons (Fsp3) is 0.167. The van der Waals surface area contributed by atoms with Crippen LogP contribution in [0.1, 0.15) is 0 Å². The Morgan fingerprint density at radius 2 is 2.14 bits per heavy atom. The first kappa shape index (κ1) is 15.6. The van der Waals surface area contributed by atoms with Gasteiger partial charge in [0.15, 0.2) is 0 Å². The highest BCUT2D eigenvalue weighted by molar-refractivity contribution is 7.92. The van der Waals surface area contributed by atoms with E-state index in [9.17, 15) is 12.8 Å². The Hall–Kier alpha value is -1.77. The molecule has 112 valence electrons. The van der Waals surface area contributed by atoms with Crippen LogP contribution in [0.15, 0.2) is 41.7 Å². The lowest BCUT2D eigenvalue weighted by Gasteiger charge is -2.22. The average molecular weight is 332 g/mol. The molecule has 0 spiro atoms. The molecule has 9 heteroatoms. The van der Waals surface area contributed by atoms with E-state index < -0.39 is 15.8 Å². The number of rotatable bonds is 5. The second-order valence-electron chi connectivity index (χ2n) is 3.91. The van der Waals surface area contributed by atoms with Crippen molar-refractivity contribution in [3.05, 3.63) is 47.6 Å². The van der Waals surface area contributed by atoms with Gasteiger partial charge in [0.25, 0.3) is 10.0 Å². The van der Waals surface area contributed by atoms with E-state index in [2.05, 4.69) is 9.97 Å². The summed E-state index contributed by atoms with van der Waals surface area (Å²) in [5.41, 5.74) is 0. The first-order valence-corrected chi connectivity index (χ1v) is 7.51. The Morgan fingerprint density at radius 1 is 1.38 bits per heavy atom. The Morgan fingerprint density at radius 3 is 2.71 bits per heavy atom. The molecule has 0 aliphatic rings. The van der Waals surface area contributed by atoms with Crippen LogP contribution in [0.2, 0.25) is 5.02 Å². The van der Waals surface area contributed by atoms with E-state index in [-0.39, 0.29) is 22.5 Å². The van der Waals surface area contributed by atoms with Gasteiger partial charge in [-0.1, -0.05) is 11.6 Å². The molecule has 0 aliphatic carbocycles. The molecule has 0 fully saturated rings. The summed E-state index contributed by atoms with van der Waals surface area (Å²) in [5.74, 6) is -0.566. The van der Waals surface area contributed by atoms with Crippen LogP contribution >= 0.6 is 11.6 Å². The Balaban J connectivity index is 2.50. The van der Waals surface area contributed by atoms with Gasteiger partial charge in [0.1, 0.15) is 24.7 Å². The summed E-state index contributed by atoms with van der Waals surface area (Å²) in [4.78, 5) is 7.44. The predicted molar refractivity (Wildman–Crippen MR) is 75.0 cm³/mol. The summed E-state index contributed by atoms with van der Waals surface area (Å²) >= 11 is 5.63. The van der Waals surface area contributed by atoms with Crippen molar-refractivity contribution in [2.24, 2.45) is 0 Å². The van der Waals surface area contributed by atoms with Gasteiger partial charge in [0, 0.05) is 19.4 Å². The van der Waals surface area contributed by atoms with E-state index in [1.807, 2.05) is 0 Å².